The number of hydrogen-bond acceptors (Lipinski definition) is 4. The van der Waals surface area contributed by atoms with Crippen molar-refractivity contribution < 1.29 is 4.74 Å². The Morgan fingerprint density at radius 2 is 1.79 bits per heavy atom. The molecule has 2 heterocycles. The fraction of sp³-hybridized carbons (Fsp3) is 0.250. The van der Waals surface area contributed by atoms with E-state index in [1.807, 2.05) is 18.2 Å². The average Bonchev–Trinajstić information content (AvgIpc) is 2.68. The molecule has 4 heteroatoms. The van der Waals surface area contributed by atoms with Crippen LogP contribution in [0.2, 0.25) is 0 Å². The van der Waals surface area contributed by atoms with Crippen LogP contribution in [0, 0.1) is 0 Å². The van der Waals surface area contributed by atoms with Crippen molar-refractivity contribution in [1.29, 1.82) is 0 Å². The molecule has 1 saturated heterocycles. The minimum Gasteiger partial charge on any atom is -0.497 e. The molecule has 0 radical (unpaired) electrons. The van der Waals surface area contributed by atoms with E-state index in [4.69, 9.17) is 9.72 Å². The Hall–Kier alpha value is -2.59. The first-order valence-electron chi connectivity index (χ1n) is 8.35. The molecule has 0 saturated carbocycles. The third-order valence-electron chi connectivity index (χ3n) is 4.52. The third-order valence-corrected chi connectivity index (χ3v) is 4.52. The number of hydrogen-bond donors (Lipinski definition) is 1. The maximum absolute atomic E-state index is 5.42. The van der Waals surface area contributed by atoms with Crippen molar-refractivity contribution in [2.75, 3.05) is 38.2 Å². The lowest BCUT2D eigenvalue weighted by atomic mass is 10.1. The molecule has 0 unspecified atom stereocenters. The monoisotopic (exact) mass is 319 g/mol. The first-order valence-corrected chi connectivity index (χ1v) is 8.35. The maximum Gasteiger partial charge on any atom is 0.119 e. The molecule has 3 aromatic rings. The summed E-state index contributed by atoms with van der Waals surface area (Å²) in [5, 5.41) is 4.57. The summed E-state index contributed by atoms with van der Waals surface area (Å²) in [5.74, 6) is 0.869. The highest BCUT2D eigenvalue weighted by atomic mass is 16.5. The Bertz CT molecular complexity index is 842. The number of piperazine rings is 1. The van der Waals surface area contributed by atoms with Crippen LogP contribution >= 0.6 is 0 Å². The first kappa shape index (κ1) is 15.0. The van der Waals surface area contributed by atoms with Gasteiger partial charge in [-0.15, -0.1) is 0 Å². The van der Waals surface area contributed by atoms with Crippen molar-refractivity contribution in [2.24, 2.45) is 0 Å². The minimum atomic E-state index is 0.869. The van der Waals surface area contributed by atoms with E-state index in [2.05, 4.69) is 46.6 Å². The molecule has 1 N–H and O–H groups in total. The molecule has 4 rings (SSSR count). The third kappa shape index (κ3) is 2.81. The lowest BCUT2D eigenvalue weighted by molar-refractivity contribution is 0.415. The van der Waals surface area contributed by atoms with Gasteiger partial charge in [0.05, 0.1) is 18.3 Å². The zero-order chi connectivity index (χ0) is 16.4. The lowest BCUT2D eigenvalue weighted by Crippen LogP contribution is -2.43. The summed E-state index contributed by atoms with van der Waals surface area (Å²) in [6.45, 7) is 4.03. The van der Waals surface area contributed by atoms with Gasteiger partial charge in [-0.1, -0.05) is 30.3 Å². The normalized spacial score (nSPS) is 14.8. The fourth-order valence-electron chi connectivity index (χ4n) is 3.24. The summed E-state index contributed by atoms with van der Waals surface area (Å²) >= 11 is 0. The fourth-order valence-corrected chi connectivity index (χ4v) is 3.24. The zero-order valence-corrected chi connectivity index (χ0v) is 13.8. The summed E-state index contributed by atoms with van der Waals surface area (Å²) in [5.41, 5.74) is 4.40. The summed E-state index contributed by atoms with van der Waals surface area (Å²) in [4.78, 5) is 7.32. The molecule has 1 aromatic heterocycles. The average molecular weight is 319 g/mol. The lowest BCUT2D eigenvalue weighted by Gasteiger charge is -2.30. The number of pyridine rings is 1. The van der Waals surface area contributed by atoms with Crippen LogP contribution in [0.15, 0.2) is 54.6 Å². The summed E-state index contributed by atoms with van der Waals surface area (Å²) < 4.78 is 5.42. The van der Waals surface area contributed by atoms with Crippen molar-refractivity contribution in [1.82, 2.24) is 10.3 Å². The van der Waals surface area contributed by atoms with Gasteiger partial charge in [0.2, 0.25) is 0 Å². The molecule has 1 aliphatic rings. The molecule has 122 valence electrons. The SMILES string of the molecule is COc1ccc2nc(-c3ccccc3)cc(N3CCNCC3)c2c1. The highest BCUT2D eigenvalue weighted by Gasteiger charge is 2.16. The number of rotatable bonds is 3. The van der Waals surface area contributed by atoms with Gasteiger partial charge in [0.15, 0.2) is 0 Å². The van der Waals surface area contributed by atoms with Gasteiger partial charge >= 0.3 is 0 Å². The van der Waals surface area contributed by atoms with Crippen molar-refractivity contribution in [3.05, 3.63) is 54.6 Å². The van der Waals surface area contributed by atoms with Crippen molar-refractivity contribution in [3.8, 4) is 17.0 Å². The van der Waals surface area contributed by atoms with Gasteiger partial charge < -0.3 is 15.0 Å². The van der Waals surface area contributed by atoms with E-state index in [-0.39, 0.29) is 0 Å². The van der Waals surface area contributed by atoms with Crippen LogP contribution in [-0.2, 0) is 0 Å². The van der Waals surface area contributed by atoms with Gasteiger partial charge in [0, 0.05) is 42.8 Å². The van der Waals surface area contributed by atoms with E-state index in [0.717, 1.165) is 54.1 Å². The van der Waals surface area contributed by atoms with E-state index >= 15 is 0 Å². The number of methoxy groups -OCH3 is 1. The van der Waals surface area contributed by atoms with Crippen LogP contribution in [0.5, 0.6) is 5.75 Å². The number of benzene rings is 2. The van der Waals surface area contributed by atoms with E-state index in [0.29, 0.717) is 0 Å². The van der Waals surface area contributed by atoms with Gasteiger partial charge in [-0.25, -0.2) is 4.98 Å². The van der Waals surface area contributed by atoms with Crippen LogP contribution in [0.4, 0.5) is 5.69 Å². The van der Waals surface area contributed by atoms with Crippen LogP contribution < -0.4 is 15.0 Å². The number of fused-ring (bicyclic) bond motifs is 1. The molecular formula is C20H21N3O. The van der Waals surface area contributed by atoms with Crippen LogP contribution in [0.3, 0.4) is 0 Å². The first-order chi connectivity index (χ1) is 11.8. The number of nitrogens with zero attached hydrogens (tertiary/aromatic N) is 2. The van der Waals surface area contributed by atoms with Crippen molar-refractivity contribution in [2.45, 2.75) is 0 Å². The summed E-state index contributed by atoms with van der Waals surface area (Å²) in [7, 11) is 1.71. The molecule has 2 aromatic carbocycles. The Morgan fingerprint density at radius 1 is 1.00 bits per heavy atom. The van der Waals surface area contributed by atoms with Crippen LogP contribution in [-0.4, -0.2) is 38.3 Å². The Labute approximate surface area is 142 Å². The Balaban J connectivity index is 1.90. The predicted molar refractivity (Wildman–Crippen MR) is 98.8 cm³/mol. The number of aromatic nitrogens is 1. The summed E-state index contributed by atoms with van der Waals surface area (Å²) in [6, 6.07) is 18.7. The number of anilines is 1. The highest BCUT2D eigenvalue weighted by Crippen LogP contribution is 2.33. The van der Waals surface area contributed by atoms with E-state index in [9.17, 15) is 0 Å². The molecule has 0 spiro atoms. The van der Waals surface area contributed by atoms with Gasteiger partial charge in [-0.3, -0.25) is 0 Å². The van der Waals surface area contributed by atoms with Gasteiger partial charge in [-0.2, -0.15) is 0 Å². The maximum atomic E-state index is 5.42. The molecule has 4 nitrogen and oxygen atoms in total. The number of nitrogens with one attached hydrogen (secondary N) is 1. The molecule has 24 heavy (non-hydrogen) atoms. The Kier molecular flexibility index (Phi) is 4.05. The second-order valence-corrected chi connectivity index (χ2v) is 6.01. The molecule has 0 bridgehead atoms. The van der Waals surface area contributed by atoms with E-state index < -0.39 is 0 Å². The smallest absolute Gasteiger partial charge is 0.119 e. The second kappa shape index (κ2) is 6.49. The largest absolute Gasteiger partial charge is 0.497 e. The van der Waals surface area contributed by atoms with Gasteiger partial charge in [0.1, 0.15) is 5.75 Å². The Morgan fingerprint density at radius 3 is 2.54 bits per heavy atom. The van der Waals surface area contributed by atoms with Crippen LogP contribution in [0.25, 0.3) is 22.2 Å². The van der Waals surface area contributed by atoms with E-state index in [1.165, 1.54) is 5.69 Å². The van der Waals surface area contributed by atoms with Crippen LogP contribution in [0.1, 0.15) is 0 Å². The molecule has 0 aliphatic carbocycles. The molecule has 0 atom stereocenters. The standard InChI is InChI=1S/C20H21N3O/c1-24-16-7-8-18-17(13-16)20(23-11-9-21-10-12-23)14-19(22-18)15-5-3-2-4-6-15/h2-8,13-14,21H,9-12H2,1H3. The molecule has 1 fully saturated rings. The quantitative estimate of drug-likeness (QED) is 0.803. The second-order valence-electron chi connectivity index (χ2n) is 6.01. The van der Waals surface area contributed by atoms with E-state index in [1.54, 1.807) is 7.11 Å². The van der Waals surface area contributed by atoms with Crippen molar-refractivity contribution >= 4 is 16.6 Å². The van der Waals surface area contributed by atoms with Gasteiger partial charge in [-0.05, 0) is 24.3 Å². The van der Waals surface area contributed by atoms with Gasteiger partial charge in [0.25, 0.3) is 0 Å². The number of ether oxygens (including phenoxy) is 1. The zero-order valence-electron chi connectivity index (χ0n) is 13.8. The molecule has 1 aliphatic heterocycles. The topological polar surface area (TPSA) is 37.4 Å². The highest BCUT2D eigenvalue weighted by molar-refractivity contribution is 5.95. The van der Waals surface area contributed by atoms with Crippen molar-refractivity contribution in [3.63, 3.8) is 0 Å². The summed E-state index contributed by atoms with van der Waals surface area (Å²) in [6.07, 6.45) is 0. The predicted octanol–water partition coefficient (Wildman–Crippen LogP) is 3.32. The molecule has 0 amide bonds. The minimum absolute atomic E-state index is 0.869. The molecular weight excluding hydrogens is 298 g/mol.